The number of carbonyl (C=O) groups excluding carboxylic acids is 1. The average Bonchev–Trinajstić information content (AvgIpc) is 3.51. The Bertz CT molecular complexity index is 983. The molecule has 1 N–H and O–H groups in total. The van der Waals surface area contributed by atoms with Crippen molar-refractivity contribution in [2.24, 2.45) is 0 Å². The van der Waals surface area contributed by atoms with Gasteiger partial charge in [0.15, 0.2) is 11.5 Å². The summed E-state index contributed by atoms with van der Waals surface area (Å²) < 4.78 is 17.4. The molecule has 0 bridgehead atoms. The van der Waals surface area contributed by atoms with Crippen LogP contribution in [0.1, 0.15) is 47.3 Å². The Morgan fingerprint density at radius 1 is 1.16 bits per heavy atom. The molecule has 7 heteroatoms. The highest BCUT2D eigenvalue weighted by atomic mass is 32.1. The molecule has 1 aromatic heterocycles. The number of hydrogen-bond acceptors (Lipinski definition) is 6. The first-order chi connectivity index (χ1) is 15.2. The molecule has 31 heavy (non-hydrogen) atoms. The van der Waals surface area contributed by atoms with Crippen LogP contribution in [0, 0.1) is 0 Å². The first-order valence-corrected chi connectivity index (χ1v) is 11.4. The van der Waals surface area contributed by atoms with E-state index in [2.05, 4.69) is 10.3 Å². The Kier molecular flexibility index (Phi) is 7.04. The molecule has 1 saturated carbocycles. The Morgan fingerprint density at radius 2 is 1.97 bits per heavy atom. The number of carbonyl (C=O) groups is 1. The Hall–Kier alpha value is -3.06. The molecular formula is C24H26N2O4S. The van der Waals surface area contributed by atoms with Crippen molar-refractivity contribution in [3.8, 4) is 17.2 Å². The molecule has 1 amide bonds. The van der Waals surface area contributed by atoms with E-state index >= 15 is 0 Å². The molecule has 1 heterocycles. The number of benzene rings is 2. The van der Waals surface area contributed by atoms with E-state index in [1.54, 1.807) is 36.9 Å². The third-order valence-electron chi connectivity index (χ3n) is 5.29. The Labute approximate surface area is 186 Å². The summed E-state index contributed by atoms with van der Waals surface area (Å²) in [5, 5.41) is 4.93. The van der Waals surface area contributed by atoms with Gasteiger partial charge in [0.05, 0.1) is 24.4 Å². The Morgan fingerprint density at radius 3 is 2.68 bits per heavy atom. The van der Waals surface area contributed by atoms with Gasteiger partial charge in [0.2, 0.25) is 0 Å². The van der Waals surface area contributed by atoms with Gasteiger partial charge in [-0.15, -0.1) is 11.3 Å². The van der Waals surface area contributed by atoms with Gasteiger partial charge >= 0.3 is 0 Å². The van der Waals surface area contributed by atoms with E-state index in [-0.39, 0.29) is 12.0 Å². The lowest BCUT2D eigenvalue weighted by molar-refractivity contribution is 0.0950. The fourth-order valence-electron chi connectivity index (χ4n) is 3.61. The molecule has 2 aromatic carbocycles. The lowest BCUT2D eigenvalue weighted by Gasteiger charge is -2.19. The molecule has 6 nitrogen and oxygen atoms in total. The van der Waals surface area contributed by atoms with Gasteiger partial charge < -0.3 is 19.5 Å². The van der Waals surface area contributed by atoms with Crippen LogP contribution < -0.4 is 19.5 Å². The van der Waals surface area contributed by atoms with Gasteiger partial charge in [-0.25, -0.2) is 4.98 Å². The van der Waals surface area contributed by atoms with Crippen molar-refractivity contribution in [3.05, 3.63) is 70.2 Å². The van der Waals surface area contributed by atoms with Crippen molar-refractivity contribution in [3.63, 3.8) is 0 Å². The minimum Gasteiger partial charge on any atom is -0.493 e. The molecule has 0 spiro atoms. The predicted octanol–water partition coefficient (Wildman–Crippen LogP) is 4.98. The van der Waals surface area contributed by atoms with E-state index in [1.807, 2.05) is 23.6 Å². The summed E-state index contributed by atoms with van der Waals surface area (Å²) >= 11 is 1.54. The molecule has 3 aromatic rings. The minimum atomic E-state index is -0.152. The van der Waals surface area contributed by atoms with Crippen LogP contribution in [0.2, 0.25) is 0 Å². The van der Waals surface area contributed by atoms with Crippen LogP contribution in [0.3, 0.4) is 0 Å². The first-order valence-electron chi connectivity index (χ1n) is 10.4. The SMILES string of the molecule is COc1cccc(CNC(=O)c2ccc(OCc3cscn3)cc2)c1OC1CCCC1. The van der Waals surface area contributed by atoms with Crippen LogP contribution in [0.25, 0.3) is 0 Å². The maximum Gasteiger partial charge on any atom is 0.251 e. The van der Waals surface area contributed by atoms with Crippen LogP contribution in [-0.4, -0.2) is 24.1 Å². The predicted molar refractivity (Wildman–Crippen MR) is 120 cm³/mol. The maximum atomic E-state index is 12.7. The minimum absolute atomic E-state index is 0.152. The Balaban J connectivity index is 1.36. The zero-order valence-corrected chi connectivity index (χ0v) is 18.3. The van der Waals surface area contributed by atoms with E-state index in [0.29, 0.717) is 30.2 Å². The molecule has 0 saturated heterocycles. The molecular weight excluding hydrogens is 412 g/mol. The smallest absolute Gasteiger partial charge is 0.251 e. The number of methoxy groups -OCH3 is 1. The van der Waals surface area contributed by atoms with Gasteiger partial charge in [0, 0.05) is 23.1 Å². The summed E-state index contributed by atoms with van der Waals surface area (Å²) in [5.74, 6) is 1.97. The van der Waals surface area contributed by atoms with Crippen molar-refractivity contribution in [2.75, 3.05) is 7.11 Å². The number of amides is 1. The summed E-state index contributed by atoms with van der Waals surface area (Å²) in [6.07, 6.45) is 4.70. The number of rotatable bonds is 9. The average molecular weight is 439 g/mol. The van der Waals surface area contributed by atoms with E-state index in [0.717, 1.165) is 29.8 Å². The summed E-state index contributed by atoms with van der Waals surface area (Å²) in [6, 6.07) is 12.9. The van der Waals surface area contributed by atoms with Crippen molar-refractivity contribution in [1.29, 1.82) is 0 Å². The molecule has 1 aliphatic rings. The van der Waals surface area contributed by atoms with Crippen molar-refractivity contribution in [1.82, 2.24) is 10.3 Å². The highest BCUT2D eigenvalue weighted by Gasteiger charge is 2.20. The molecule has 1 fully saturated rings. The van der Waals surface area contributed by atoms with E-state index in [4.69, 9.17) is 14.2 Å². The topological polar surface area (TPSA) is 69.7 Å². The van der Waals surface area contributed by atoms with Crippen LogP contribution in [0.5, 0.6) is 17.2 Å². The monoisotopic (exact) mass is 438 g/mol. The van der Waals surface area contributed by atoms with Crippen LogP contribution in [0.15, 0.2) is 53.4 Å². The summed E-state index contributed by atoms with van der Waals surface area (Å²) in [7, 11) is 1.64. The third kappa shape index (κ3) is 5.55. The van der Waals surface area contributed by atoms with Gasteiger partial charge in [0.25, 0.3) is 5.91 Å². The molecule has 0 radical (unpaired) electrons. The number of aromatic nitrogens is 1. The lowest BCUT2D eigenvalue weighted by Crippen LogP contribution is -2.23. The molecule has 162 valence electrons. The molecule has 1 aliphatic carbocycles. The maximum absolute atomic E-state index is 12.7. The van der Waals surface area contributed by atoms with Gasteiger partial charge in [0.1, 0.15) is 12.4 Å². The largest absolute Gasteiger partial charge is 0.493 e. The fraction of sp³-hybridized carbons (Fsp3) is 0.333. The first kappa shape index (κ1) is 21.2. The van der Waals surface area contributed by atoms with Crippen molar-refractivity contribution in [2.45, 2.75) is 44.9 Å². The van der Waals surface area contributed by atoms with Gasteiger partial charge in [-0.1, -0.05) is 12.1 Å². The summed E-state index contributed by atoms with van der Waals surface area (Å²) in [5.41, 5.74) is 4.14. The number of nitrogens with zero attached hydrogens (tertiary/aromatic N) is 1. The quantitative estimate of drug-likeness (QED) is 0.510. The normalized spacial score (nSPS) is 13.7. The van der Waals surface area contributed by atoms with E-state index in [9.17, 15) is 4.79 Å². The number of thiazole rings is 1. The van der Waals surface area contributed by atoms with Gasteiger partial charge in [-0.2, -0.15) is 0 Å². The highest BCUT2D eigenvalue weighted by molar-refractivity contribution is 7.07. The molecule has 0 unspecified atom stereocenters. The van der Waals surface area contributed by atoms with Crippen molar-refractivity contribution < 1.29 is 19.0 Å². The zero-order chi connectivity index (χ0) is 21.5. The molecule has 4 rings (SSSR count). The van der Waals surface area contributed by atoms with E-state index in [1.165, 1.54) is 24.2 Å². The second-order valence-corrected chi connectivity index (χ2v) is 8.17. The number of para-hydroxylation sites is 1. The second kappa shape index (κ2) is 10.3. The zero-order valence-electron chi connectivity index (χ0n) is 17.5. The van der Waals surface area contributed by atoms with Crippen molar-refractivity contribution >= 4 is 17.2 Å². The summed E-state index contributed by atoms with van der Waals surface area (Å²) in [4.78, 5) is 16.8. The van der Waals surface area contributed by atoms with E-state index < -0.39 is 0 Å². The number of nitrogens with one attached hydrogen (secondary N) is 1. The van der Waals surface area contributed by atoms with Gasteiger partial charge in [-0.05, 0) is 56.0 Å². The summed E-state index contributed by atoms with van der Waals surface area (Å²) in [6.45, 7) is 0.773. The number of hydrogen-bond donors (Lipinski definition) is 1. The van der Waals surface area contributed by atoms with Crippen LogP contribution in [0.4, 0.5) is 0 Å². The standard InChI is InChI=1S/C24H26N2O4S/c1-28-22-8-4-5-18(23(22)30-21-6-2-3-7-21)13-25-24(27)17-9-11-20(12-10-17)29-14-19-15-31-16-26-19/h4-5,8-12,15-16,21H,2-3,6-7,13-14H2,1H3,(H,25,27). The van der Waals surface area contributed by atoms with Crippen LogP contribution in [-0.2, 0) is 13.2 Å². The molecule has 0 atom stereocenters. The van der Waals surface area contributed by atoms with Crippen LogP contribution >= 0.6 is 11.3 Å². The third-order valence-corrected chi connectivity index (χ3v) is 5.93. The second-order valence-electron chi connectivity index (χ2n) is 7.45. The van der Waals surface area contributed by atoms with Gasteiger partial charge in [-0.3, -0.25) is 4.79 Å². The number of ether oxygens (including phenoxy) is 3. The highest BCUT2D eigenvalue weighted by Crippen LogP contribution is 2.34. The lowest BCUT2D eigenvalue weighted by atomic mass is 10.1. The molecule has 0 aliphatic heterocycles. The fourth-order valence-corrected chi connectivity index (χ4v) is 4.16.